The first-order valence-corrected chi connectivity index (χ1v) is 10.4. The van der Waals surface area contributed by atoms with Crippen LogP contribution in [0.15, 0.2) is 70.0 Å². The molecular formula is C25H16F6N2O3. The van der Waals surface area contributed by atoms with E-state index in [4.69, 9.17) is 4.42 Å². The first-order chi connectivity index (χ1) is 16.8. The Labute approximate surface area is 199 Å². The van der Waals surface area contributed by atoms with E-state index >= 15 is 0 Å². The van der Waals surface area contributed by atoms with Crippen LogP contribution in [-0.2, 0) is 18.9 Å². The fourth-order valence-corrected chi connectivity index (χ4v) is 3.63. The van der Waals surface area contributed by atoms with Gasteiger partial charge in [0.05, 0.1) is 11.1 Å². The summed E-state index contributed by atoms with van der Waals surface area (Å²) in [5.41, 5.74) is -2.82. The molecule has 0 atom stereocenters. The van der Waals surface area contributed by atoms with Crippen LogP contribution in [-0.4, -0.2) is 10.9 Å². The van der Waals surface area contributed by atoms with Crippen LogP contribution in [0.25, 0.3) is 22.0 Å². The van der Waals surface area contributed by atoms with E-state index in [0.29, 0.717) is 23.1 Å². The summed E-state index contributed by atoms with van der Waals surface area (Å²) in [5, 5.41) is 2.55. The van der Waals surface area contributed by atoms with Crippen molar-refractivity contribution in [1.82, 2.24) is 10.3 Å². The Morgan fingerprint density at radius 2 is 1.56 bits per heavy atom. The van der Waals surface area contributed by atoms with E-state index in [1.54, 1.807) is 36.4 Å². The van der Waals surface area contributed by atoms with E-state index in [1.807, 2.05) is 6.92 Å². The molecule has 4 rings (SSSR count). The van der Waals surface area contributed by atoms with Gasteiger partial charge in [-0.3, -0.25) is 4.79 Å². The molecule has 0 fully saturated rings. The van der Waals surface area contributed by atoms with Crippen LogP contribution in [0.2, 0.25) is 0 Å². The summed E-state index contributed by atoms with van der Waals surface area (Å²) in [6, 6.07) is 11.0. The average Bonchev–Trinajstić information content (AvgIpc) is 2.82. The van der Waals surface area contributed by atoms with Gasteiger partial charge in [0.15, 0.2) is 5.52 Å². The number of nitrogens with zero attached hydrogens (tertiary/aromatic N) is 1. The topological polar surface area (TPSA) is 72.2 Å². The number of rotatable bonds is 4. The van der Waals surface area contributed by atoms with Crippen LogP contribution in [0.1, 0.15) is 32.8 Å². The first-order valence-electron chi connectivity index (χ1n) is 10.4. The number of hydrogen-bond acceptors (Lipinski definition) is 4. The Hall–Kier alpha value is -4.15. The van der Waals surface area contributed by atoms with Crippen LogP contribution < -0.4 is 10.9 Å². The molecule has 2 heterocycles. The fourth-order valence-electron chi connectivity index (χ4n) is 3.63. The Kier molecular flexibility index (Phi) is 6.33. The summed E-state index contributed by atoms with van der Waals surface area (Å²) < 4.78 is 84.1. The zero-order chi connectivity index (χ0) is 26.3. The maximum absolute atomic E-state index is 13.2. The number of aromatic nitrogens is 1. The van der Waals surface area contributed by atoms with Crippen LogP contribution in [0.4, 0.5) is 26.3 Å². The zero-order valence-corrected chi connectivity index (χ0v) is 18.4. The molecule has 0 radical (unpaired) electrons. The highest BCUT2D eigenvalue weighted by Gasteiger charge is 2.37. The monoisotopic (exact) mass is 506 g/mol. The SMILES string of the molecule is Cc1ccc(-c2c(C(=O)NCc3cc(C(F)(F)F)cc(C(F)(F)F)c3)oc(=O)c3ncccc23)cc1. The predicted molar refractivity (Wildman–Crippen MR) is 118 cm³/mol. The molecule has 0 saturated heterocycles. The second-order valence-electron chi connectivity index (χ2n) is 7.96. The van der Waals surface area contributed by atoms with E-state index in [-0.39, 0.29) is 17.1 Å². The number of carbonyl (C=O) groups excluding carboxylic acids is 1. The van der Waals surface area contributed by atoms with Crippen molar-refractivity contribution in [2.45, 2.75) is 25.8 Å². The molecule has 1 amide bonds. The minimum Gasteiger partial charge on any atom is -0.415 e. The highest BCUT2D eigenvalue weighted by Crippen LogP contribution is 2.36. The second-order valence-corrected chi connectivity index (χ2v) is 7.96. The molecule has 2 aromatic heterocycles. The van der Waals surface area contributed by atoms with Crippen molar-refractivity contribution in [2.24, 2.45) is 0 Å². The number of aryl methyl sites for hydroxylation is 1. The van der Waals surface area contributed by atoms with Crippen molar-refractivity contribution >= 4 is 16.8 Å². The Morgan fingerprint density at radius 1 is 0.944 bits per heavy atom. The van der Waals surface area contributed by atoms with Gasteiger partial charge in [0.2, 0.25) is 5.76 Å². The lowest BCUT2D eigenvalue weighted by Gasteiger charge is -2.15. The van der Waals surface area contributed by atoms with E-state index in [0.717, 1.165) is 5.56 Å². The number of fused-ring (bicyclic) bond motifs is 1. The standard InChI is InChI=1S/C25H16F6N2O3/c1-13-4-6-15(7-5-13)19-18-3-2-8-32-20(18)23(35)36-21(19)22(34)33-12-14-9-16(24(26,27)28)11-17(10-14)25(29,30)31/h2-11H,12H2,1H3,(H,33,34). The molecule has 186 valence electrons. The quantitative estimate of drug-likeness (QED) is 0.338. The zero-order valence-electron chi connectivity index (χ0n) is 18.4. The fraction of sp³-hybridized carbons (Fsp3) is 0.160. The average molecular weight is 506 g/mol. The van der Waals surface area contributed by atoms with Crippen LogP contribution >= 0.6 is 0 Å². The van der Waals surface area contributed by atoms with Crippen molar-refractivity contribution < 1.29 is 35.6 Å². The van der Waals surface area contributed by atoms with Gasteiger partial charge in [0.1, 0.15) is 0 Å². The molecule has 4 aromatic rings. The lowest BCUT2D eigenvalue weighted by Crippen LogP contribution is -2.25. The molecular weight excluding hydrogens is 490 g/mol. The Balaban J connectivity index is 1.76. The number of alkyl halides is 6. The Bertz CT molecular complexity index is 1470. The minimum atomic E-state index is -5.03. The molecule has 0 saturated carbocycles. The summed E-state index contributed by atoms with van der Waals surface area (Å²) in [6.45, 7) is 1.15. The summed E-state index contributed by atoms with van der Waals surface area (Å²) >= 11 is 0. The third kappa shape index (κ3) is 5.09. The summed E-state index contributed by atoms with van der Waals surface area (Å²) in [7, 11) is 0. The van der Waals surface area contributed by atoms with E-state index in [1.165, 1.54) is 6.20 Å². The van der Waals surface area contributed by atoms with Crippen molar-refractivity contribution in [3.05, 3.63) is 99.2 Å². The molecule has 5 nitrogen and oxygen atoms in total. The van der Waals surface area contributed by atoms with Gasteiger partial charge in [0.25, 0.3) is 5.91 Å². The van der Waals surface area contributed by atoms with Crippen molar-refractivity contribution in [2.75, 3.05) is 0 Å². The smallest absolute Gasteiger partial charge is 0.415 e. The molecule has 0 aliphatic carbocycles. The third-order valence-corrected chi connectivity index (χ3v) is 5.34. The number of pyridine rings is 1. The van der Waals surface area contributed by atoms with Crippen LogP contribution in [0.5, 0.6) is 0 Å². The minimum absolute atomic E-state index is 0.00378. The van der Waals surface area contributed by atoms with Crippen molar-refractivity contribution in [1.29, 1.82) is 0 Å². The molecule has 11 heteroatoms. The summed E-state index contributed by atoms with van der Waals surface area (Å²) in [4.78, 5) is 29.5. The molecule has 0 aliphatic rings. The maximum atomic E-state index is 13.2. The molecule has 2 aromatic carbocycles. The molecule has 1 N–H and O–H groups in total. The maximum Gasteiger partial charge on any atom is 0.416 e. The van der Waals surface area contributed by atoms with E-state index < -0.39 is 52.9 Å². The van der Waals surface area contributed by atoms with Crippen LogP contribution in [0.3, 0.4) is 0 Å². The highest BCUT2D eigenvalue weighted by molar-refractivity contribution is 6.06. The van der Waals surface area contributed by atoms with Gasteiger partial charge in [-0.15, -0.1) is 0 Å². The number of carbonyl (C=O) groups is 1. The molecule has 36 heavy (non-hydrogen) atoms. The molecule has 0 bridgehead atoms. The van der Waals surface area contributed by atoms with Gasteiger partial charge >= 0.3 is 18.0 Å². The first kappa shape index (κ1) is 25.0. The van der Waals surface area contributed by atoms with Gasteiger partial charge in [-0.05, 0) is 42.3 Å². The molecule has 0 spiro atoms. The number of nitrogens with one attached hydrogen (secondary N) is 1. The number of halogens is 6. The van der Waals surface area contributed by atoms with Crippen molar-refractivity contribution in [3.63, 3.8) is 0 Å². The number of amides is 1. The molecule has 0 unspecified atom stereocenters. The summed E-state index contributed by atoms with van der Waals surface area (Å²) in [5.74, 6) is -1.45. The van der Waals surface area contributed by atoms with E-state index in [2.05, 4.69) is 10.3 Å². The van der Waals surface area contributed by atoms with Crippen molar-refractivity contribution in [3.8, 4) is 11.1 Å². The normalized spacial score (nSPS) is 12.1. The molecule has 0 aliphatic heterocycles. The summed E-state index contributed by atoms with van der Waals surface area (Å²) in [6.07, 6.45) is -8.70. The number of benzene rings is 2. The van der Waals surface area contributed by atoms with Gasteiger partial charge in [0, 0.05) is 23.7 Å². The predicted octanol–water partition coefficient (Wildman–Crippen LogP) is 6.13. The van der Waals surface area contributed by atoms with Gasteiger partial charge in [-0.2, -0.15) is 26.3 Å². The Morgan fingerprint density at radius 3 is 2.14 bits per heavy atom. The van der Waals surface area contributed by atoms with Gasteiger partial charge in [-0.25, -0.2) is 9.78 Å². The third-order valence-electron chi connectivity index (χ3n) is 5.34. The van der Waals surface area contributed by atoms with Gasteiger partial charge < -0.3 is 9.73 Å². The second kappa shape index (κ2) is 9.14. The lowest BCUT2D eigenvalue weighted by atomic mass is 9.98. The lowest BCUT2D eigenvalue weighted by molar-refractivity contribution is -0.143. The van der Waals surface area contributed by atoms with E-state index in [9.17, 15) is 35.9 Å². The number of hydrogen-bond donors (Lipinski definition) is 1. The van der Waals surface area contributed by atoms with Crippen LogP contribution in [0, 0.1) is 6.92 Å². The highest BCUT2D eigenvalue weighted by atomic mass is 19.4. The van der Waals surface area contributed by atoms with Gasteiger partial charge in [-0.1, -0.05) is 35.9 Å². The largest absolute Gasteiger partial charge is 0.416 e.